The van der Waals surface area contributed by atoms with Gasteiger partial charge in [0.2, 0.25) is 0 Å². The van der Waals surface area contributed by atoms with E-state index in [9.17, 15) is 0 Å². The van der Waals surface area contributed by atoms with Crippen molar-refractivity contribution in [2.75, 3.05) is 7.05 Å². The summed E-state index contributed by atoms with van der Waals surface area (Å²) in [6.07, 6.45) is 0.930. The molecule has 114 valence electrons. The number of aromatic nitrogens is 2. The number of hydrogen-bond acceptors (Lipinski definition) is 3. The lowest BCUT2D eigenvalue weighted by Gasteiger charge is -2.10. The first-order valence-corrected chi connectivity index (χ1v) is 7.67. The van der Waals surface area contributed by atoms with Crippen LogP contribution in [-0.4, -0.2) is 16.8 Å². The maximum Gasteiger partial charge on any atom is 0.138 e. The van der Waals surface area contributed by atoms with E-state index in [0.717, 1.165) is 36.5 Å². The summed E-state index contributed by atoms with van der Waals surface area (Å²) in [7, 11) is 1.91. The number of nitrogens with one attached hydrogen (secondary N) is 1. The van der Waals surface area contributed by atoms with Crippen molar-refractivity contribution in [1.29, 1.82) is 0 Å². The van der Waals surface area contributed by atoms with Crippen molar-refractivity contribution in [2.45, 2.75) is 40.0 Å². The molecule has 4 nitrogen and oxygen atoms in total. The third kappa shape index (κ3) is 3.99. The van der Waals surface area contributed by atoms with E-state index in [1.54, 1.807) is 0 Å². The van der Waals surface area contributed by atoms with E-state index in [1.807, 2.05) is 29.9 Å². The molecule has 1 N–H and O–H groups in total. The molecule has 0 saturated heterocycles. The second-order valence-electron chi connectivity index (χ2n) is 4.88. The Morgan fingerprint density at radius 2 is 2.10 bits per heavy atom. The van der Waals surface area contributed by atoms with Gasteiger partial charge in [0, 0.05) is 13.1 Å². The fourth-order valence-corrected chi connectivity index (χ4v) is 2.46. The maximum absolute atomic E-state index is 6.26. The van der Waals surface area contributed by atoms with Crippen molar-refractivity contribution < 1.29 is 4.74 Å². The topological polar surface area (TPSA) is 39.1 Å². The standard InChI is InChI=1S/C16H22ClN3O/c1-4-13-9-14(20(5-2)19-13)11-21-16-7-6-12(10-18-3)8-15(16)17/h6-9,18H,4-5,10-11H2,1-3H3. The second-order valence-corrected chi connectivity index (χ2v) is 5.29. The molecular weight excluding hydrogens is 286 g/mol. The van der Waals surface area contributed by atoms with Crippen molar-refractivity contribution >= 4 is 11.6 Å². The first kappa shape index (κ1) is 15.9. The summed E-state index contributed by atoms with van der Waals surface area (Å²) in [5.74, 6) is 0.707. The van der Waals surface area contributed by atoms with Gasteiger partial charge in [-0.05, 0) is 44.2 Å². The Balaban J connectivity index is 2.07. The van der Waals surface area contributed by atoms with Crippen LogP contribution in [0.1, 0.15) is 30.8 Å². The molecule has 0 unspecified atom stereocenters. The van der Waals surface area contributed by atoms with E-state index >= 15 is 0 Å². The Morgan fingerprint density at radius 3 is 2.71 bits per heavy atom. The normalized spacial score (nSPS) is 10.9. The predicted molar refractivity (Wildman–Crippen MR) is 85.8 cm³/mol. The Kier molecular flexibility index (Phi) is 5.65. The van der Waals surface area contributed by atoms with E-state index < -0.39 is 0 Å². The zero-order chi connectivity index (χ0) is 15.2. The molecule has 0 saturated carbocycles. The summed E-state index contributed by atoms with van der Waals surface area (Å²) in [5, 5.41) is 8.26. The lowest BCUT2D eigenvalue weighted by Crippen LogP contribution is -2.07. The van der Waals surface area contributed by atoms with Gasteiger partial charge in [0.15, 0.2) is 0 Å². The van der Waals surface area contributed by atoms with Crippen LogP contribution in [0.2, 0.25) is 5.02 Å². The largest absolute Gasteiger partial charge is 0.486 e. The highest BCUT2D eigenvalue weighted by Gasteiger charge is 2.08. The Bertz CT molecular complexity index is 595. The van der Waals surface area contributed by atoms with Crippen LogP contribution >= 0.6 is 11.6 Å². The van der Waals surface area contributed by atoms with E-state index in [-0.39, 0.29) is 0 Å². The first-order chi connectivity index (χ1) is 10.2. The molecule has 0 bridgehead atoms. The van der Waals surface area contributed by atoms with E-state index in [2.05, 4.69) is 30.3 Å². The van der Waals surface area contributed by atoms with Crippen LogP contribution in [0.25, 0.3) is 0 Å². The molecule has 2 rings (SSSR count). The van der Waals surface area contributed by atoms with Gasteiger partial charge in [-0.15, -0.1) is 0 Å². The minimum absolute atomic E-state index is 0.478. The number of nitrogens with zero attached hydrogens (tertiary/aromatic N) is 2. The van der Waals surface area contributed by atoms with Gasteiger partial charge in [0.1, 0.15) is 12.4 Å². The number of aryl methyl sites for hydroxylation is 2. The smallest absolute Gasteiger partial charge is 0.138 e. The molecule has 21 heavy (non-hydrogen) atoms. The molecule has 0 aliphatic carbocycles. The molecule has 5 heteroatoms. The molecule has 2 aromatic rings. The van der Waals surface area contributed by atoms with Gasteiger partial charge in [-0.3, -0.25) is 4.68 Å². The van der Waals surface area contributed by atoms with E-state index in [0.29, 0.717) is 17.4 Å². The number of hydrogen-bond donors (Lipinski definition) is 1. The van der Waals surface area contributed by atoms with E-state index in [1.165, 1.54) is 0 Å². The fourth-order valence-electron chi connectivity index (χ4n) is 2.20. The molecule has 0 amide bonds. The molecule has 1 aromatic carbocycles. The monoisotopic (exact) mass is 307 g/mol. The van der Waals surface area contributed by atoms with Gasteiger partial charge in [-0.2, -0.15) is 5.10 Å². The Hall–Kier alpha value is -1.52. The van der Waals surface area contributed by atoms with Gasteiger partial charge < -0.3 is 10.1 Å². The van der Waals surface area contributed by atoms with Gasteiger partial charge in [0.05, 0.1) is 16.4 Å². The molecule has 0 fully saturated rings. The number of ether oxygens (including phenoxy) is 1. The number of benzene rings is 1. The van der Waals surface area contributed by atoms with Gasteiger partial charge in [0.25, 0.3) is 0 Å². The summed E-state index contributed by atoms with van der Waals surface area (Å²) in [6, 6.07) is 7.96. The predicted octanol–water partition coefficient (Wildman–Crippen LogP) is 3.42. The zero-order valence-electron chi connectivity index (χ0n) is 12.8. The molecule has 0 spiro atoms. The highest BCUT2D eigenvalue weighted by Crippen LogP contribution is 2.26. The molecule has 0 radical (unpaired) electrons. The lowest BCUT2D eigenvalue weighted by atomic mass is 10.2. The minimum atomic E-state index is 0.478. The Labute approximate surface area is 131 Å². The van der Waals surface area contributed by atoms with Crippen molar-refractivity contribution in [3.63, 3.8) is 0 Å². The summed E-state index contributed by atoms with van der Waals surface area (Å²) in [4.78, 5) is 0. The van der Waals surface area contributed by atoms with Crippen LogP contribution in [0.4, 0.5) is 0 Å². The van der Waals surface area contributed by atoms with Crippen LogP contribution in [-0.2, 0) is 26.1 Å². The molecule has 1 aromatic heterocycles. The van der Waals surface area contributed by atoms with Gasteiger partial charge in [-0.1, -0.05) is 24.6 Å². The molecule has 0 atom stereocenters. The van der Waals surface area contributed by atoms with E-state index in [4.69, 9.17) is 16.3 Å². The molecular formula is C16H22ClN3O. The third-order valence-corrected chi connectivity index (χ3v) is 3.62. The van der Waals surface area contributed by atoms with Crippen LogP contribution in [0.15, 0.2) is 24.3 Å². The maximum atomic E-state index is 6.26. The summed E-state index contributed by atoms with van der Waals surface area (Å²) in [6.45, 7) is 6.29. The quantitative estimate of drug-likeness (QED) is 0.852. The molecule has 1 heterocycles. The number of rotatable bonds is 7. The number of halogens is 1. The summed E-state index contributed by atoms with van der Waals surface area (Å²) in [5.41, 5.74) is 3.30. The first-order valence-electron chi connectivity index (χ1n) is 7.29. The third-order valence-electron chi connectivity index (χ3n) is 3.33. The van der Waals surface area contributed by atoms with Gasteiger partial charge >= 0.3 is 0 Å². The van der Waals surface area contributed by atoms with Crippen LogP contribution in [0, 0.1) is 0 Å². The lowest BCUT2D eigenvalue weighted by molar-refractivity contribution is 0.292. The van der Waals surface area contributed by atoms with Crippen LogP contribution in [0.5, 0.6) is 5.75 Å². The molecule has 0 aliphatic heterocycles. The van der Waals surface area contributed by atoms with Crippen LogP contribution in [0.3, 0.4) is 0 Å². The fraction of sp³-hybridized carbons (Fsp3) is 0.438. The highest BCUT2D eigenvalue weighted by molar-refractivity contribution is 6.32. The van der Waals surface area contributed by atoms with Crippen LogP contribution < -0.4 is 10.1 Å². The average molecular weight is 308 g/mol. The zero-order valence-corrected chi connectivity index (χ0v) is 13.6. The van der Waals surface area contributed by atoms with Crippen molar-refractivity contribution in [3.05, 3.63) is 46.2 Å². The summed E-state index contributed by atoms with van der Waals surface area (Å²) < 4.78 is 7.82. The van der Waals surface area contributed by atoms with Crippen molar-refractivity contribution in [3.8, 4) is 5.75 Å². The Morgan fingerprint density at radius 1 is 1.29 bits per heavy atom. The van der Waals surface area contributed by atoms with Crippen molar-refractivity contribution in [1.82, 2.24) is 15.1 Å². The molecule has 0 aliphatic rings. The highest BCUT2D eigenvalue weighted by atomic mass is 35.5. The minimum Gasteiger partial charge on any atom is -0.486 e. The van der Waals surface area contributed by atoms with Gasteiger partial charge in [-0.25, -0.2) is 0 Å². The average Bonchev–Trinajstić information content (AvgIpc) is 2.89. The van der Waals surface area contributed by atoms with Crippen molar-refractivity contribution in [2.24, 2.45) is 0 Å². The second kappa shape index (κ2) is 7.48. The summed E-state index contributed by atoms with van der Waals surface area (Å²) >= 11 is 6.26. The SMILES string of the molecule is CCc1cc(COc2ccc(CNC)cc2Cl)n(CC)n1.